The zero-order valence-corrected chi connectivity index (χ0v) is 12.2. The Kier molecular flexibility index (Phi) is 3.83. The van der Waals surface area contributed by atoms with E-state index in [0.717, 1.165) is 18.5 Å². The predicted molar refractivity (Wildman–Crippen MR) is 75.8 cm³/mol. The molecule has 3 unspecified atom stereocenters. The number of amides is 1. The second-order valence-electron chi connectivity index (χ2n) is 5.68. The number of hydrogen-bond acceptors (Lipinski definition) is 3. The van der Waals surface area contributed by atoms with Gasteiger partial charge in [0.1, 0.15) is 5.69 Å². The quantitative estimate of drug-likeness (QED) is 0.873. The molecular formula is C14H24N4O. The highest BCUT2D eigenvalue weighted by atomic mass is 16.2. The van der Waals surface area contributed by atoms with Crippen LogP contribution in [0.4, 0.5) is 5.69 Å². The summed E-state index contributed by atoms with van der Waals surface area (Å²) in [4.78, 5) is 12.4. The fourth-order valence-corrected chi connectivity index (χ4v) is 2.93. The number of anilines is 1. The first-order valence-electron chi connectivity index (χ1n) is 7.07. The normalized spacial score (nSPS) is 26.6. The van der Waals surface area contributed by atoms with Gasteiger partial charge in [-0.25, -0.2) is 0 Å². The smallest absolute Gasteiger partial charge is 0.271 e. The summed E-state index contributed by atoms with van der Waals surface area (Å²) in [6, 6.07) is 0.252. The van der Waals surface area contributed by atoms with Crippen LogP contribution in [0.1, 0.15) is 49.8 Å². The number of aromatic nitrogens is 2. The number of rotatable bonds is 3. The van der Waals surface area contributed by atoms with E-state index in [-0.39, 0.29) is 11.9 Å². The molecule has 0 aliphatic heterocycles. The van der Waals surface area contributed by atoms with Crippen molar-refractivity contribution in [1.82, 2.24) is 15.1 Å². The Morgan fingerprint density at radius 2 is 2.16 bits per heavy atom. The van der Waals surface area contributed by atoms with Gasteiger partial charge in [-0.1, -0.05) is 20.8 Å². The molecule has 0 aromatic carbocycles. The Bertz CT molecular complexity index is 480. The van der Waals surface area contributed by atoms with Crippen LogP contribution in [0, 0.1) is 11.8 Å². The molecule has 5 heteroatoms. The van der Waals surface area contributed by atoms with Gasteiger partial charge >= 0.3 is 0 Å². The van der Waals surface area contributed by atoms with Crippen molar-refractivity contribution >= 4 is 11.6 Å². The summed E-state index contributed by atoms with van der Waals surface area (Å²) in [6.07, 6.45) is 2.96. The summed E-state index contributed by atoms with van der Waals surface area (Å²) in [7, 11) is 1.77. The first kappa shape index (κ1) is 13.9. The van der Waals surface area contributed by atoms with Crippen LogP contribution in [0.5, 0.6) is 0 Å². The van der Waals surface area contributed by atoms with Crippen LogP contribution >= 0.6 is 0 Å². The average Bonchev–Trinajstić information content (AvgIpc) is 2.83. The van der Waals surface area contributed by atoms with Gasteiger partial charge < -0.3 is 11.1 Å². The standard InChI is InChI=1S/C14H24N4O/c1-5-10-12(15)13(18(4)17-10)14(19)16-11-7-6-8(2)9(11)3/h8-9,11H,5-7,15H2,1-4H3,(H,16,19). The van der Waals surface area contributed by atoms with E-state index in [9.17, 15) is 4.79 Å². The molecule has 1 aliphatic carbocycles. The topological polar surface area (TPSA) is 72.9 Å². The minimum absolute atomic E-state index is 0.0989. The Labute approximate surface area is 114 Å². The van der Waals surface area contributed by atoms with Gasteiger partial charge in [-0.2, -0.15) is 5.10 Å². The van der Waals surface area contributed by atoms with Crippen molar-refractivity contribution in [3.05, 3.63) is 11.4 Å². The molecule has 0 radical (unpaired) electrons. The minimum Gasteiger partial charge on any atom is -0.395 e. The van der Waals surface area contributed by atoms with E-state index in [1.54, 1.807) is 11.7 Å². The summed E-state index contributed by atoms with van der Waals surface area (Å²) < 4.78 is 1.59. The molecule has 1 aromatic rings. The summed E-state index contributed by atoms with van der Waals surface area (Å²) in [5, 5.41) is 7.40. The van der Waals surface area contributed by atoms with Gasteiger partial charge in [-0.05, 0) is 31.1 Å². The maximum atomic E-state index is 12.4. The molecule has 5 nitrogen and oxygen atoms in total. The fourth-order valence-electron chi connectivity index (χ4n) is 2.93. The zero-order valence-electron chi connectivity index (χ0n) is 12.2. The fraction of sp³-hybridized carbons (Fsp3) is 0.714. The average molecular weight is 264 g/mol. The van der Waals surface area contributed by atoms with Crippen LogP contribution in [0.25, 0.3) is 0 Å². The second kappa shape index (κ2) is 5.23. The van der Waals surface area contributed by atoms with Gasteiger partial charge in [0.2, 0.25) is 0 Å². The van der Waals surface area contributed by atoms with Crippen LogP contribution in [0.3, 0.4) is 0 Å². The molecule has 3 N–H and O–H groups in total. The largest absolute Gasteiger partial charge is 0.395 e. The number of carbonyl (C=O) groups is 1. The molecule has 0 bridgehead atoms. The lowest BCUT2D eigenvalue weighted by Crippen LogP contribution is -2.38. The molecule has 1 heterocycles. The summed E-state index contributed by atoms with van der Waals surface area (Å²) in [5.74, 6) is 1.09. The zero-order chi connectivity index (χ0) is 14.2. The molecule has 1 saturated carbocycles. The van der Waals surface area contributed by atoms with Crippen molar-refractivity contribution in [3.63, 3.8) is 0 Å². The van der Waals surface area contributed by atoms with E-state index in [0.29, 0.717) is 23.2 Å². The maximum Gasteiger partial charge on any atom is 0.271 e. The summed E-state index contributed by atoms with van der Waals surface area (Å²) in [6.45, 7) is 6.43. The Balaban J connectivity index is 2.15. The van der Waals surface area contributed by atoms with Crippen molar-refractivity contribution in [2.45, 2.75) is 46.1 Å². The highest BCUT2D eigenvalue weighted by Gasteiger charge is 2.32. The SMILES string of the molecule is CCc1nn(C)c(C(=O)NC2CCC(C)C2C)c1N. The van der Waals surface area contributed by atoms with Crippen LogP contribution in [-0.2, 0) is 13.5 Å². The lowest BCUT2D eigenvalue weighted by molar-refractivity contribution is 0.0919. The van der Waals surface area contributed by atoms with Gasteiger partial charge in [0.05, 0.1) is 11.4 Å². The molecule has 3 atom stereocenters. The molecule has 19 heavy (non-hydrogen) atoms. The van der Waals surface area contributed by atoms with E-state index < -0.39 is 0 Å². The molecular weight excluding hydrogens is 240 g/mol. The lowest BCUT2D eigenvalue weighted by Gasteiger charge is -2.19. The number of aryl methyl sites for hydroxylation is 2. The third-order valence-corrected chi connectivity index (χ3v) is 4.49. The van der Waals surface area contributed by atoms with Crippen molar-refractivity contribution in [2.75, 3.05) is 5.73 Å². The molecule has 1 aliphatic rings. The first-order chi connectivity index (χ1) is 8.95. The highest BCUT2D eigenvalue weighted by Crippen LogP contribution is 2.31. The number of nitrogens with zero attached hydrogens (tertiary/aromatic N) is 2. The van der Waals surface area contributed by atoms with E-state index in [4.69, 9.17) is 5.73 Å². The summed E-state index contributed by atoms with van der Waals surface area (Å²) in [5.41, 5.74) is 7.80. The Morgan fingerprint density at radius 1 is 1.47 bits per heavy atom. The number of nitrogens with two attached hydrogens (primary N) is 1. The van der Waals surface area contributed by atoms with E-state index in [1.807, 2.05) is 6.92 Å². The van der Waals surface area contributed by atoms with Gasteiger partial charge in [-0.3, -0.25) is 9.48 Å². The van der Waals surface area contributed by atoms with Crippen LogP contribution in [-0.4, -0.2) is 21.7 Å². The van der Waals surface area contributed by atoms with Crippen LogP contribution < -0.4 is 11.1 Å². The number of nitrogen functional groups attached to an aromatic ring is 1. The first-order valence-corrected chi connectivity index (χ1v) is 7.07. The van der Waals surface area contributed by atoms with Crippen molar-refractivity contribution in [2.24, 2.45) is 18.9 Å². The third-order valence-electron chi connectivity index (χ3n) is 4.49. The highest BCUT2D eigenvalue weighted by molar-refractivity contribution is 5.98. The van der Waals surface area contributed by atoms with Gasteiger partial charge in [0, 0.05) is 13.1 Å². The molecule has 106 valence electrons. The predicted octanol–water partition coefficient (Wildman–Crippen LogP) is 1.73. The van der Waals surface area contributed by atoms with Crippen molar-refractivity contribution < 1.29 is 4.79 Å². The molecule has 0 saturated heterocycles. The van der Waals surface area contributed by atoms with Gasteiger partial charge in [0.15, 0.2) is 0 Å². The maximum absolute atomic E-state index is 12.4. The Morgan fingerprint density at radius 3 is 2.63 bits per heavy atom. The van der Waals surface area contributed by atoms with Crippen LogP contribution in [0.2, 0.25) is 0 Å². The molecule has 1 aromatic heterocycles. The van der Waals surface area contributed by atoms with Gasteiger partial charge in [-0.15, -0.1) is 0 Å². The minimum atomic E-state index is -0.0989. The van der Waals surface area contributed by atoms with Crippen LogP contribution in [0.15, 0.2) is 0 Å². The van der Waals surface area contributed by atoms with Crippen molar-refractivity contribution in [3.8, 4) is 0 Å². The monoisotopic (exact) mass is 264 g/mol. The number of nitrogens with one attached hydrogen (secondary N) is 1. The van der Waals surface area contributed by atoms with Crippen molar-refractivity contribution in [1.29, 1.82) is 0 Å². The Hall–Kier alpha value is -1.52. The number of carbonyl (C=O) groups excluding carboxylic acids is 1. The lowest BCUT2D eigenvalue weighted by atomic mass is 9.98. The van der Waals surface area contributed by atoms with E-state index >= 15 is 0 Å². The second-order valence-corrected chi connectivity index (χ2v) is 5.68. The van der Waals surface area contributed by atoms with E-state index in [2.05, 4.69) is 24.3 Å². The molecule has 0 spiro atoms. The third kappa shape index (κ3) is 2.46. The molecule has 1 amide bonds. The molecule has 1 fully saturated rings. The van der Waals surface area contributed by atoms with E-state index in [1.165, 1.54) is 6.42 Å². The number of hydrogen-bond donors (Lipinski definition) is 2. The summed E-state index contributed by atoms with van der Waals surface area (Å²) >= 11 is 0. The van der Waals surface area contributed by atoms with Gasteiger partial charge in [0.25, 0.3) is 5.91 Å². The molecule has 2 rings (SSSR count).